The Balaban J connectivity index is 2.27. The van der Waals surface area contributed by atoms with Crippen molar-refractivity contribution in [2.45, 2.75) is 30.6 Å². The van der Waals surface area contributed by atoms with Crippen molar-refractivity contribution in [3.63, 3.8) is 0 Å². The molecular weight excluding hydrogens is 194 g/mol. The van der Waals surface area contributed by atoms with Crippen molar-refractivity contribution in [1.29, 1.82) is 0 Å². The third-order valence-corrected chi connectivity index (χ3v) is 2.63. The van der Waals surface area contributed by atoms with Crippen LogP contribution in [-0.2, 0) is 4.74 Å². The molecule has 0 radical (unpaired) electrons. The van der Waals surface area contributed by atoms with Gasteiger partial charge in [0.25, 0.3) is 0 Å². The molecule has 7 nitrogen and oxygen atoms in total. The highest BCUT2D eigenvalue weighted by atomic mass is 16.6. The fourth-order valence-corrected chi connectivity index (χ4v) is 1.78. The lowest BCUT2D eigenvalue weighted by atomic mass is 9.94. The van der Waals surface area contributed by atoms with Gasteiger partial charge in [0.05, 0.1) is 0 Å². The average molecular weight is 205 g/mol. The Bertz CT molecular complexity index is 259. The summed E-state index contributed by atoms with van der Waals surface area (Å²) in [6.45, 7) is -0.0964. The van der Waals surface area contributed by atoms with Crippen LogP contribution in [0.5, 0.6) is 0 Å². The topological polar surface area (TPSA) is 110 Å². The average Bonchev–Trinajstić information content (AvgIpc) is 2.54. The Morgan fingerprint density at radius 2 is 1.79 bits per heavy atom. The van der Waals surface area contributed by atoms with Crippen molar-refractivity contribution in [3.05, 3.63) is 0 Å². The van der Waals surface area contributed by atoms with Crippen molar-refractivity contribution in [2.75, 3.05) is 6.61 Å². The molecular formula is C7H11NO6. The minimum atomic E-state index is -1.58. The number of aliphatic hydroxyl groups is 4. The van der Waals surface area contributed by atoms with Gasteiger partial charge in [0.2, 0.25) is 0 Å². The van der Waals surface area contributed by atoms with Gasteiger partial charge in [0.15, 0.2) is 6.23 Å². The molecule has 0 saturated carbocycles. The molecule has 4 N–H and O–H groups in total. The van der Waals surface area contributed by atoms with Crippen molar-refractivity contribution >= 4 is 6.09 Å². The number of carbonyl (C=O) groups is 1. The number of nitrogens with zero attached hydrogens (tertiary/aromatic N) is 1. The summed E-state index contributed by atoms with van der Waals surface area (Å²) in [4.78, 5) is 11.9. The van der Waals surface area contributed by atoms with E-state index in [1.165, 1.54) is 0 Å². The van der Waals surface area contributed by atoms with Gasteiger partial charge in [-0.15, -0.1) is 0 Å². The van der Waals surface area contributed by atoms with E-state index in [2.05, 4.69) is 4.74 Å². The zero-order valence-electron chi connectivity index (χ0n) is 7.15. The first kappa shape index (κ1) is 9.66. The van der Waals surface area contributed by atoms with Crippen LogP contribution in [0, 0.1) is 0 Å². The number of piperidine rings is 1. The first-order valence-electron chi connectivity index (χ1n) is 4.21. The van der Waals surface area contributed by atoms with Crippen LogP contribution in [-0.4, -0.2) is 68.6 Å². The highest BCUT2D eigenvalue weighted by Gasteiger charge is 2.53. The molecule has 14 heavy (non-hydrogen) atoms. The summed E-state index contributed by atoms with van der Waals surface area (Å²) >= 11 is 0. The summed E-state index contributed by atoms with van der Waals surface area (Å²) in [6.07, 6.45) is -6.69. The van der Waals surface area contributed by atoms with Gasteiger partial charge >= 0.3 is 6.09 Å². The Hall–Kier alpha value is -0.890. The first-order chi connectivity index (χ1) is 6.54. The molecule has 80 valence electrons. The molecule has 2 heterocycles. The van der Waals surface area contributed by atoms with Gasteiger partial charge in [-0.05, 0) is 0 Å². The van der Waals surface area contributed by atoms with Gasteiger partial charge in [-0.1, -0.05) is 0 Å². The van der Waals surface area contributed by atoms with E-state index in [-0.39, 0.29) is 6.61 Å². The van der Waals surface area contributed by atoms with E-state index in [0.29, 0.717) is 0 Å². The van der Waals surface area contributed by atoms with E-state index in [9.17, 15) is 25.2 Å². The van der Waals surface area contributed by atoms with Crippen molar-refractivity contribution in [3.8, 4) is 0 Å². The number of hydrogen-bond acceptors (Lipinski definition) is 6. The van der Waals surface area contributed by atoms with E-state index in [1.54, 1.807) is 0 Å². The van der Waals surface area contributed by atoms with Crippen LogP contribution in [0.25, 0.3) is 0 Å². The summed E-state index contributed by atoms with van der Waals surface area (Å²) in [5.41, 5.74) is 0. The zero-order chi connectivity index (χ0) is 10.5. The summed E-state index contributed by atoms with van der Waals surface area (Å²) in [5, 5.41) is 37.4. The van der Waals surface area contributed by atoms with Gasteiger partial charge in [-0.2, -0.15) is 0 Å². The Labute approximate surface area is 79.1 Å². The Morgan fingerprint density at radius 1 is 1.14 bits per heavy atom. The number of amides is 1. The molecule has 0 aromatic rings. The van der Waals surface area contributed by atoms with Gasteiger partial charge in [-0.25, -0.2) is 4.79 Å². The highest BCUT2D eigenvalue weighted by molar-refractivity contribution is 5.70. The molecule has 2 aliphatic heterocycles. The number of rotatable bonds is 0. The van der Waals surface area contributed by atoms with E-state index in [1.807, 2.05) is 0 Å². The monoisotopic (exact) mass is 205 g/mol. The minimum Gasteiger partial charge on any atom is -0.447 e. The van der Waals surface area contributed by atoms with Crippen LogP contribution in [0.4, 0.5) is 4.79 Å². The predicted molar refractivity (Wildman–Crippen MR) is 41.0 cm³/mol. The van der Waals surface area contributed by atoms with Crippen LogP contribution >= 0.6 is 0 Å². The summed E-state index contributed by atoms with van der Waals surface area (Å²) in [5.74, 6) is 0. The first-order valence-corrected chi connectivity index (χ1v) is 4.21. The third-order valence-electron chi connectivity index (χ3n) is 2.63. The SMILES string of the molecule is O=C1OC[C@@H]2[C@@H](O)[C@@H](O)[C@@H](O)[C@@H](O)N12. The van der Waals surface area contributed by atoms with E-state index < -0.39 is 36.7 Å². The van der Waals surface area contributed by atoms with Gasteiger partial charge in [0.1, 0.15) is 31.0 Å². The number of cyclic esters (lactones) is 1. The van der Waals surface area contributed by atoms with Crippen molar-refractivity contribution in [1.82, 2.24) is 4.90 Å². The Morgan fingerprint density at radius 3 is 2.43 bits per heavy atom. The number of hydrogen-bond donors (Lipinski definition) is 4. The van der Waals surface area contributed by atoms with Gasteiger partial charge in [-0.3, -0.25) is 4.90 Å². The lowest BCUT2D eigenvalue weighted by Gasteiger charge is -2.41. The molecule has 0 aliphatic carbocycles. The summed E-state index contributed by atoms with van der Waals surface area (Å²) in [6, 6.07) is -0.795. The van der Waals surface area contributed by atoms with E-state index in [0.717, 1.165) is 4.90 Å². The molecule has 2 aliphatic rings. The lowest BCUT2D eigenvalue weighted by Crippen LogP contribution is -2.65. The largest absolute Gasteiger partial charge is 0.447 e. The third kappa shape index (κ3) is 1.10. The van der Waals surface area contributed by atoms with Crippen LogP contribution in [0.3, 0.4) is 0 Å². The molecule has 2 saturated heterocycles. The van der Waals surface area contributed by atoms with Crippen LogP contribution in [0.15, 0.2) is 0 Å². The van der Waals surface area contributed by atoms with Gasteiger partial charge in [0, 0.05) is 0 Å². The molecule has 5 atom stereocenters. The predicted octanol–water partition coefficient (Wildman–Crippen LogP) is -2.78. The van der Waals surface area contributed by atoms with Crippen molar-refractivity contribution < 1.29 is 30.0 Å². The molecule has 2 fully saturated rings. The van der Waals surface area contributed by atoms with E-state index >= 15 is 0 Å². The lowest BCUT2D eigenvalue weighted by molar-refractivity contribution is -0.193. The molecule has 7 heteroatoms. The Kier molecular flexibility index (Phi) is 2.11. The second-order valence-electron chi connectivity index (χ2n) is 3.44. The molecule has 1 amide bonds. The number of fused-ring (bicyclic) bond motifs is 1. The van der Waals surface area contributed by atoms with Crippen LogP contribution in [0.1, 0.15) is 0 Å². The number of ether oxygens (including phenoxy) is 1. The fraction of sp³-hybridized carbons (Fsp3) is 0.857. The van der Waals surface area contributed by atoms with Crippen molar-refractivity contribution in [2.24, 2.45) is 0 Å². The highest BCUT2D eigenvalue weighted by Crippen LogP contribution is 2.28. The number of carbonyl (C=O) groups excluding carboxylic acids is 1. The zero-order valence-corrected chi connectivity index (χ0v) is 7.15. The smallest absolute Gasteiger partial charge is 0.412 e. The summed E-state index contributed by atoms with van der Waals surface area (Å²) < 4.78 is 4.58. The maximum Gasteiger partial charge on any atom is 0.412 e. The van der Waals surface area contributed by atoms with Crippen LogP contribution in [0.2, 0.25) is 0 Å². The number of aliphatic hydroxyl groups excluding tert-OH is 4. The summed E-state index contributed by atoms with van der Waals surface area (Å²) in [7, 11) is 0. The fourth-order valence-electron chi connectivity index (χ4n) is 1.78. The normalized spacial score (nSPS) is 47.6. The minimum absolute atomic E-state index is 0.0964. The second-order valence-corrected chi connectivity index (χ2v) is 3.44. The van der Waals surface area contributed by atoms with Gasteiger partial charge < -0.3 is 25.2 Å². The molecule has 0 aromatic heterocycles. The second kappa shape index (κ2) is 3.06. The van der Waals surface area contributed by atoms with Crippen LogP contribution < -0.4 is 0 Å². The quantitative estimate of drug-likeness (QED) is 0.340. The molecule has 0 spiro atoms. The molecule has 0 unspecified atom stereocenters. The molecule has 2 rings (SSSR count). The maximum absolute atomic E-state index is 11.1. The standard InChI is InChI=1S/C7H11NO6/c9-3-2-1-14-7(13)8(2)6(12)5(11)4(3)10/h2-6,9-12H,1H2/t2-,3-,4-,5-,6-/m1/s1. The maximum atomic E-state index is 11.1. The molecule has 0 bridgehead atoms. The molecule has 0 aromatic carbocycles. The van der Waals surface area contributed by atoms with E-state index in [4.69, 9.17) is 0 Å².